The number of hydrogen-bond acceptors (Lipinski definition) is 4. The quantitative estimate of drug-likeness (QED) is 0.762. The third-order valence-electron chi connectivity index (χ3n) is 4.71. The molecule has 0 unspecified atom stereocenters. The number of hydrogen-bond donors (Lipinski definition) is 2. The van der Waals surface area contributed by atoms with Crippen LogP contribution in [0.1, 0.15) is 18.4 Å². The predicted octanol–water partition coefficient (Wildman–Crippen LogP) is 3.94. The zero-order valence-corrected chi connectivity index (χ0v) is 16.6. The molecule has 1 heterocycles. The second-order valence-electron chi connectivity index (χ2n) is 6.85. The third kappa shape index (κ3) is 5.97. The summed E-state index contributed by atoms with van der Waals surface area (Å²) < 4.78 is 5.90. The van der Waals surface area contributed by atoms with Gasteiger partial charge in [0.2, 0.25) is 5.91 Å². The molecule has 0 aromatic heterocycles. The highest BCUT2D eigenvalue weighted by Gasteiger charge is 2.25. The first-order valence-corrected chi connectivity index (χ1v) is 9.10. The summed E-state index contributed by atoms with van der Waals surface area (Å²) >= 11 is 0. The van der Waals surface area contributed by atoms with E-state index < -0.39 is 5.97 Å². The molecule has 1 saturated heterocycles. The summed E-state index contributed by atoms with van der Waals surface area (Å²) in [7, 11) is 0. The van der Waals surface area contributed by atoms with Crippen molar-refractivity contribution >= 4 is 30.0 Å². The molecule has 6 nitrogen and oxygen atoms in total. The van der Waals surface area contributed by atoms with E-state index in [9.17, 15) is 9.59 Å². The molecular weight excluding hydrogens is 380 g/mol. The summed E-state index contributed by atoms with van der Waals surface area (Å²) in [5, 5.41) is 12.0. The molecule has 0 atom stereocenters. The number of nitrogens with zero attached hydrogens (tertiary/aromatic N) is 1. The Bertz CT molecular complexity index is 802. The van der Waals surface area contributed by atoms with Gasteiger partial charge in [0.15, 0.2) is 5.75 Å². The molecule has 2 aromatic rings. The van der Waals surface area contributed by atoms with Crippen LogP contribution in [0.3, 0.4) is 0 Å². The molecule has 1 aliphatic heterocycles. The summed E-state index contributed by atoms with van der Waals surface area (Å²) in [5.74, 6) is 0.107. The van der Waals surface area contributed by atoms with Gasteiger partial charge in [-0.05, 0) is 57.1 Å². The maximum Gasteiger partial charge on any atom is 0.306 e. The minimum atomic E-state index is -0.749. The molecular formula is C21H25ClN2O4. The number of aryl methyl sites for hydroxylation is 1. The molecule has 2 aromatic carbocycles. The van der Waals surface area contributed by atoms with E-state index in [1.54, 1.807) is 6.07 Å². The van der Waals surface area contributed by atoms with Crippen molar-refractivity contribution in [3.05, 3.63) is 54.1 Å². The third-order valence-corrected chi connectivity index (χ3v) is 4.71. The van der Waals surface area contributed by atoms with E-state index in [1.807, 2.05) is 54.3 Å². The van der Waals surface area contributed by atoms with Gasteiger partial charge >= 0.3 is 5.97 Å². The van der Waals surface area contributed by atoms with Crippen LogP contribution in [0.25, 0.3) is 0 Å². The lowest BCUT2D eigenvalue weighted by atomic mass is 9.97. The van der Waals surface area contributed by atoms with Crippen LogP contribution in [0, 0.1) is 12.8 Å². The van der Waals surface area contributed by atoms with Gasteiger partial charge in [-0.3, -0.25) is 14.5 Å². The SMILES string of the molecule is Cc1ccc(Oc2ccccc2NC(=O)CN2CCC(C(=O)O)CC2)cc1.Cl. The van der Waals surface area contributed by atoms with E-state index in [1.165, 1.54) is 0 Å². The summed E-state index contributed by atoms with van der Waals surface area (Å²) in [5.41, 5.74) is 1.76. The van der Waals surface area contributed by atoms with E-state index >= 15 is 0 Å². The highest BCUT2D eigenvalue weighted by atomic mass is 35.5. The molecule has 0 aliphatic carbocycles. The zero-order chi connectivity index (χ0) is 19.2. The predicted molar refractivity (Wildman–Crippen MR) is 110 cm³/mol. The van der Waals surface area contributed by atoms with Crippen molar-refractivity contribution in [3.63, 3.8) is 0 Å². The first-order chi connectivity index (χ1) is 13.0. The molecule has 1 fully saturated rings. The normalized spacial score (nSPS) is 14.8. The van der Waals surface area contributed by atoms with Crippen molar-refractivity contribution in [3.8, 4) is 11.5 Å². The number of carboxylic acid groups (broad SMARTS) is 1. The lowest BCUT2D eigenvalue weighted by molar-refractivity contribution is -0.143. The number of ether oxygens (including phenoxy) is 1. The lowest BCUT2D eigenvalue weighted by Crippen LogP contribution is -2.40. The van der Waals surface area contributed by atoms with Crippen molar-refractivity contribution < 1.29 is 19.4 Å². The molecule has 7 heteroatoms. The number of nitrogens with one attached hydrogen (secondary N) is 1. The van der Waals surface area contributed by atoms with Gasteiger partial charge in [-0.1, -0.05) is 29.8 Å². The van der Waals surface area contributed by atoms with Crippen molar-refractivity contribution in [1.82, 2.24) is 4.90 Å². The second kappa shape index (κ2) is 10.1. The molecule has 0 spiro atoms. The van der Waals surface area contributed by atoms with Crippen LogP contribution in [0.15, 0.2) is 48.5 Å². The van der Waals surface area contributed by atoms with E-state index in [0.717, 1.165) is 5.56 Å². The number of carboxylic acids is 1. The number of benzene rings is 2. The number of carbonyl (C=O) groups excluding carboxylic acids is 1. The molecule has 150 valence electrons. The van der Waals surface area contributed by atoms with Gasteiger partial charge in [-0.25, -0.2) is 0 Å². The molecule has 1 amide bonds. The van der Waals surface area contributed by atoms with Crippen molar-refractivity contribution in [1.29, 1.82) is 0 Å². The lowest BCUT2D eigenvalue weighted by Gasteiger charge is -2.29. The molecule has 0 radical (unpaired) electrons. The monoisotopic (exact) mass is 404 g/mol. The fourth-order valence-electron chi connectivity index (χ4n) is 3.12. The number of aliphatic carboxylic acids is 1. The summed E-state index contributed by atoms with van der Waals surface area (Å²) in [6.07, 6.45) is 1.16. The number of piperidine rings is 1. The van der Waals surface area contributed by atoms with E-state index in [2.05, 4.69) is 5.32 Å². The first-order valence-electron chi connectivity index (χ1n) is 9.10. The van der Waals surface area contributed by atoms with Gasteiger partial charge in [-0.15, -0.1) is 12.4 Å². The minimum absolute atomic E-state index is 0. The highest BCUT2D eigenvalue weighted by Crippen LogP contribution is 2.29. The summed E-state index contributed by atoms with van der Waals surface area (Å²) in [6.45, 7) is 3.49. The van der Waals surface area contributed by atoms with Gasteiger partial charge in [0, 0.05) is 0 Å². The van der Waals surface area contributed by atoms with E-state index in [4.69, 9.17) is 9.84 Å². The summed E-state index contributed by atoms with van der Waals surface area (Å²) in [4.78, 5) is 25.4. The standard InChI is InChI=1S/C21H24N2O4.ClH/c1-15-6-8-17(9-7-15)27-19-5-3-2-4-18(19)22-20(24)14-23-12-10-16(11-13-23)21(25)26;/h2-9,16H,10-14H2,1H3,(H,22,24)(H,25,26);1H. The van der Waals surface area contributed by atoms with Crippen LogP contribution < -0.4 is 10.1 Å². The van der Waals surface area contributed by atoms with Gasteiger partial charge in [0.05, 0.1) is 18.2 Å². The Morgan fingerprint density at radius 1 is 1.11 bits per heavy atom. The Labute approximate surface area is 170 Å². The molecule has 28 heavy (non-hydrogen) atoms. The number of carbonyl (C=O) groups is 2. The fourth-order valence-corrected chi connectivity index (χ4v) is 3.12. The van der Waals surface area contributed by atoms with Gasteiger partial charge in [0.1, 0.15) is 5.75 Å². The fraction of sp³-hybridized carbons (Fsp3) is 0.333. The van der Waals surface area contributed by atoms with Crippen LogP contribution in [-0.4, -0.2) is 41.5 Å². The van der Waals surface area contributed by atoms with Crippen molar-refractivity contribution in [2.45, 2.75) is 19.8 Å². The average Bonchev–Trinajstić information content (AvgIpc) is 2.65. The smallest absolute Gasteiger partial charge is 0.306 e. The number of para-hydroxylation sites is 2. The van der Waals surface area contributed by atoms with E-state index in [0.29, 0.717) is 43.1 Å². The molecule has 0 bridgehead atoms. The number of rotatable bonds is 6. The van der Waals surface area contributed by atoms with Crippen LogP contribution in [-0.2, 0) is 9.59 Å². The van der Waals surface area contributed by atoms with Gasteiger partial charge in [0.25, 0.3) is 0 Å². The number of halogens is 1. The minimum Gasteiger partial charge on any atom is -0.481 e. The Kier molecular flexibility index (Phi) is 7.84. The number of amides is 1. The molecule has 1 aliphatic rings. The van der Waals surface area contributed by atoms with Crippen molar-refractivity contribution in [2.24, 2.45) is 5.92 Å². The Hall–Kier alpha value is -2.57. The number of anilines is 1. The maximum atomic E-state index is 12.4. The zero-order valence-electron chi connectivity index (χ0n) is 15.8. The maximum absolute atomic E-state index is 12.4. The topological polar surface area (TPSA) is 78.9 Å². The Morgan fingerprint density at radius 3 is 2.39 bits per heavy atom. The van der Waals surface area contributed by atoms with Crippen molar-refractivity contribution in [2.75, 3.05) is 25.0 Å². The van der Waals surface area contributed by atoms with Crippen LogP contribution in [0.2, 0.25) is 0 Å². The molecule has 2 N–H and O–H groups in total. The first kappa shape index (κ1) is 21.7. The Morgan fingerprint density at radius 2 is 1.75 bits per heavy atom. The Balaban J connectivity index is 0.00000280. The van der Waals surface area contributed by atoms with Gasteiger partial charge < -0.3 is 15.2 Å². The average molecular weight is 405 g/mol. The number of likely N-dealkylation sites (tertiary alicyclic amines) is 1. The highest BCUT2D eigenvalue weighted by molar-refractivity contribution is 5.93. The largest absolute Gasteiger partial charge is 0.481 e. The second-order valence-corrected chi connectivity index (χ2v) is 6.85. The van der Waals surface area contributed by atoms with Crippen LogP contribution >= 0.6 is 12.4 Å². The van der Waals surface area contributed by atoms with Crippen LogP contribution in [0.4, 0.5) is 5.69 Å². The van der Waals surface area contributed by atoms with Crippen LogP contribution in [0.5, 0.6) is 11.5 Å². The molecule has 3 rings (SSSR count). The molecule has 0 saturated carbocycles. The van der Waals surface area contributed by atoms with Gasteiger partial charge in [-0.2, -0.15) is 0 Å². The summed E-state index contributed by atoms with van der Waals surface area (Å²) in [6, 6.07) is 15.0. The van der Waals surface area contributed by atoms with E-state index in [-0.39, 0.29) is 30.8 Å².